The highest BCUT2D eigenvalue weighted by atomic mass is 79.9. The topological polar surface area (TPSA) is 32.7 Å². The first-order chi connectivity index (χ1) is 11.3. The molecule has 0 amide bonds. The van der Waals surface area contributed by atoms with Crippen LogP contribution in [0.25, 0.3) is 0 Å². The minimum atomic E-state index is 0.227. The lowest BCUT2D eigenvalue weighted by Crippen LogP contribution is -2.50. The van der Waals surface area contributed by atoms with Crippen LogP contribution in [0.1, 0.15) is 51.5 Å². The number of nitrogens with zero attached hydrogens (tertiary/aromatic N) is 1. The first kappa shape index (κ1) is 18.1. The highest BCUT2D eigenvalue weighted by Crippen LogP contribution is 2.48. The Labute approximate surface area is 154 Å². The van der Waals surface area contributed by atoms with Crippen molar-refractivity contribution >= 4 is 15.9 Å². The van der Waals surface area contributed by atoms with Crippen molar-refractivity contribution in [3.05, 3.63) is 22.2 Å². The summed E-state index contributed by atoms with van der Waals surface area (Å²) in [4.78, 5) is 2.50. The Balaban J connectivity index is 1.77. The van der Waals surface area contributed by atoms with Gasteiger partial charge in [0.15, 0.2) is 0 Å². The second kappa shape index (κ2) is 6.87. The van der Waals surface area contributed by atoms with Gasteiger partial charge in [0, 0.05) is 23.7 Å². The molecule has 3 rings (SSSR count). The minimum absolute atomic E-state index is 0.227. The number of phenols is 1. The van der Waals surface area contributed by atoms with Crippen molar-refractivity contribution in [1.82, 2.24) is 4.90 Å². The Morgan fingerprint density at radius 2 is 1.88 bits per heavy atom. The Morgan fingerprint density at radius 3 is 2.46 bits per heavy atom. The van der Waals surface area contributed by atoms with Crippen molar-refractivity contribution in [2.24, 2.45) is 17.8 Å². The molecule has 0 heterocycles. The average Bonchev–Trinajstić information content (AvgIpc) is 2.49. The number of halogens is 1. The van der Waals surface area contributed by atoms with E-state index in [1.165, 1.54) is 32.1 Å². The number of aromatic hydroxyl groups is 1. The average molecular weight is 396 g/mol. The Kier molecular flexibility index (Phi) is 5.17. The summed E-state index contributed by atoms with van der Waals surface area (Å²) in [7, 11) is 3.91. The quantitative estimate of drug-likeness (QED) is 0.759. The van der Waals surface area contributed by atoms with Gasteiger partial charge in [0.2, 0.25) is 0 Å². The maximum atomic E-state index is 9.88. The fourth-order valence-corrected chi connectivity index (χ4v) is 5.60. The third kappa shape index (κ3) is 3.60. The van der Waals surface area contributed by atoms with E-state index in [2.05, 4.69) is 41.7 Å². The predicted octanol–water partition coefficient (Wildman–Crippen LogP) is 5.20. The highest BCUT2D eigenvalue weighted by Gasteiger charge is 2.43. The van der Waals surface area contributed by atoms with Crippen molar-refractivity contribution in [2.45, 2.75) is 58.0 Å². The molecule has 2 fully saturated rings. The molecule has 2 aliphatic rings. The summed E-state index contributed by atoms with van der Waals surface area (Å²) < 4.78 is 6.21. The van der Waals surface area contributed by atoms with Crippen LogP contribution in [-0.2, 0) is 6.54 Å². The number of ether oxygens (including phenoxy) is 1. The van der Waals surface area contributed by atoms with Crippen molar-refractivity contribution in [2.75, 3.05) is 14.2 Å². The summed E-state index contributed by atoms with van der Waals surface area (Å²) in [6.45, 7) is 5.70. The monoisotopic (exact) mass is 395 g/mol. The van der Waals surface area contributed by atoms with Crippen molar-refractivity contribution in [3.8, 4) is 11.5 Å². The molecule has 134 valence electrons. The Bertz CT molecular complexity index is 586. The molecule has 1 N–H and O–H groups in total. The molecule has 0 saturated heterocycles. The normalized spacial score (nSPS) is 32.8. The van der Waals surface area contributed by atoms with Gasteiger partial charge < -0.3 is 9.84 Å². The molecule has 2 unspecified atom stereocenters. The third-order valence-corrected chi connectivity index (χ3v) is 6.91. The first-order valence-electron chi connectivity index (χ1n) is 9.07. The van der Waals surface area contributed by atoms with Crippen molar-refractivity contribution in [3.63, 3.8) is 0 Å². The second-order valence-electron chi connectivity index (χ2n) is 8.42. The van der Waals surface area contributed by atoms with Gasteiger partial charge in [-0.05, 0) is 85.8 Å². The lowest BCUT2D eigenvalue weighted by atomic mass is 9.62. The number of hydrogen-bond donors (Lipinski definition) is 1. The van der Waals surface area contributed by atoms with Gasteiger partial charge in [-0.25, -0.2) is 0 Å². The molecule has 1 aromatic carbocycles. The summed E-state index contributed by atoms with van der Waals surface area (Å²) >= 11 is 3.43. The van der Waals surface area contributed by atoms with Gasteiger partial charge in [0.05, 0.1) is 11.6 Å². The number of benzene rings is 1. The van der Waals surface area contributed by atoms with E-state index in [9.17, 15) is 5.11 Å². The lowest BCUT2D eigenvalue weighted by Gasteiger charge is -2.51. The smallest absolute Gasteiger partial charge is 0.133 e. The largest absolute Gasteiger partial charge is 0.507 e. The molecular formula is C20H30BrNO2. The lowest BCUT2D eigenvalue weighted by molar-refractivity contribution is -0.000249. The fourth-order valence-electron chi connectivity index (χ4n) is 5.21. The van der Waals surface area contributed by atoms with Gasteiger partial charge in [-0.1, -0.05) is 6.92 Å². The number of hydrogen-bond acceptors (Lipinski definition) is 3. The van der Waals surface area contributed by atoms with E-state index in [1.807, 2.05) is 6.07 Å². The zero-order chi connectivity index (χ0) is 17.5. The van der Waals surface area contributed by atoms with Crippen LogP contribution in [0, 0.1) is 17.8 Å². The minimum Gasteiger partial charge on any atom is -0.507 e. The fraction of sp³-hybridized carbons (Fsp3) is 0.700. The maximum Gasteiger partial charge on any atom is 0.133 e. The van der Waals surface area contributed by atoms with E-state index in [1.54, 1.807) is 13.2 Å². The Hall–Kier alpha value is -0.740. The van der Waals surface area contributed by atoms with Crippen LogP contribution in [-0.4, -0.2) is 29.7 Å². The molecule has 3 nitrogen and oxygen atoms in total. The summed E-state index contributed by atoms with van der Waals surface area (Å²) in [5.74, 6) is 3.65. The molecule has 2 bridgehead atoms. The van der Waals surface area contributed by atoms with Crippen LogP contribution < -0.4 is 4.74 Å². The van der Waals surface area contributed by atoms with Gasteiger partial charge in [-0.2, -0.15) is 0 Å². The molecule has 0 spiro atoms. The molecular weight excluding hydrogens is 366 g/mol. The van der Waals surface area contributed by atoms with Gasteiger partial charge in [0.25, 0.3) is 0 Å². The molecule has 0 radical (unpaired) electrons. The van der Waals surface area contributed by atoms with Crippen molar-refractivity contribution in [1.29, 1.82) is 0 Å². The van der Waals surface area contributed by atoms with E-state index in [0.29, 0.717) is 0 Å². The summed E-state index contributed by atoms with van der Waals surface area (Å²) in [5, 5.41) is 9.88. The van der Waals surface area contributed by atoms with E-state index >= 15 is 0 Å². The highest BCUT2D eigenvalue weighted by molar-refractivity contribution is 9.10. The van der Waals surface area contributed by atoms with Crippen LogP contribution in [0.15, 0.2) is 16.6 Å². The SMILES string of the molecule is COc1cc(O)c(Br)cc1CN(C)C1(C)CC2CC(C)CC(C2)C1. The molecule has 0 aliphatic heterocycles. The molecule has 1 aromatic rings. The van der Waals surface area contributed by atoms with E-state index < -0.39 is 0 Å². The molecule has 4 heteroatoms. The Morgan fingerprint density at radius 1 is 1.25 bits per heavy atom. The third-order valence-electron chi connectivity index (χ3n) is 6.27. The molecule has 0 aromatic heterocycles. The summed E-state index contributed by atoms with van der Waals surface area (Å²) in [5.41, 5.74) is 1.37. The standard InChI is InChI=1S/C20H30BrNO2/c1-13-5-14-7-15(6-13)11-20(2,10-14)22(3)12-16-8-17(21)18(23)9-19(16)24-4/h8-9,13-15,23H,5-7,10-12H2,1-4H3. The van der Waals surface area contributed by atoms with E-state index in [4.69, 9.17) is 4.74 Å². The maximum absolute atomic E-state index is 9.88. The molecule has 24 heavy (non-hydrogen) atoms. The van der Waals surface area contributed by atoms with Crippen LogP contribution >= 0.6 is 15.9 Å². The van der Waals surface area contributed by atoms with E-state index in [-0.39, 0.29) is 11.3 Å². The first-order valence-corrected chi connectivity index (χ1v) is 9.86. The van der Waals surface area contributed by atoms with Crippen molar-refractivity contribution < 1.29 is 9.84 Å². The predicted molar refractivity (Wildman–Crippen MR) is 101 cm³/mol. The second-order valence-corrected chi connectivity index (χ2v) is 9.28. The van der Waals surface area contributed by atoms with Gasteiger partial charge in [-0.15, -0.1) is 0 Å². The number of rotatable bonds is 4. The summed E-state index contributed by atoms with van der Waals surface area (Å²) in [6.07, 6.45) is 6.82. The molecule has 2 saturated carbocycles. The van der Waals surface area contributed by atoms with Gasteiger partial charge >= 0.3 is 0 Å². The summed E-state index contributed by atoms with van der Waals surface area (Å²) in [6, 6.07) is 3.69. The number of fused-ring (bicyclic) bond motifs is 2. The van der Waals surface area contributed by atoms with Crippen LogP contribution in [0.3, 0.4) is 0 Å². The van der Waals surface area contributed by atoms with Gasteiger partial charge in [0.1, 0.15) is 11.5 Å². The van der Waals surface area contributed by atoms with E-state index in [0.717, 1.165) is 40.1 Å². The van der Waals surface area contributed by atoms with Crippen LogP contribution in [0.2, 0.25) is 0 Å². The zero-order valence-electron chi connectivity index (χ0n) is 15.3. The molecule has 2 atom stereocenters. The zero-order valence-corrected chi connectivity index (χ0v) is 16.9. The van der Waals surface area contributed by atoms with Crippen LogP contribution in [0.5, 0.6) is 11.5 Å². The van der Waals surface area contributed by atoms with Crippen LogP contribution in [0.4, 0.5) is 0 Å². The number of phenolic OH excluding ortho intramolecular Hbond substituents is 1. The molecule has 2 aliphatic carbocycles. The van der Waals surface area contributed by atoms with Gasteiger partial charge in [-0.3, -0.25) is 4.90 Å². The number of methoxy groups -OCH3 is 1.